The van der Waals surface area contributed by atoms with Crippen LogP contribution in [-0.2, 0) is 4.74 Å². The Morgan fingerprint density at radius 3 is 2.62 bits per heavy atom. The first-order valence-corrected chi connectivity index (χ1v) is 10.8. The Balaban J connectivity index is 1.52. The molecule has 2 aliphatic heterocycles. The fourth-order valence-electron chi connectivity index (χ4n) is 4.54. The Labute approximate surface area is 185 Å². The van der Waals surface area contributed by atoms with E-state index in [1.807, 2.05) is 12.1 Å². The normalized spacial score (nSPS) is 18.8. The van der Waals surface area contributed by atoms with Gasteiger partial charge in [0.15, 0.2) is 5.43 Å². The number of fused-ring (bicyclic) bond motifs is 2. The summed E-state index contributed by atoms with van der Waals surface area (Å²) >= 11 is 0. The standard InChI is InChI=1S/C24H25N3O5/c1-30-17-3-4-18-19(15-17)32-23-20(22(18)28)21(16-5-7-25-8-6-16)27(24(23)29)10-2-9-26-11-13-31-14-12-26/h3-8,15,21H,2,9-14H2,1H3. The van der Waals surface area contributed by atoms with Crippen molar-refractivity contribution < 1.29 is 18.7 Å². The van der Waals surface area contributed by atoms with E-state index in [4.69, 9.17) is 13.9 Å². The lowest BCUT2D eigenvalue weighted by atomic mass is 9.99. The van der Waals surface area contributed by atoms with Crippen LogP contribution in [0.4, 0.5) is 0 Å². The van der Waals surface area contributed by atoms with Gasteiger partial charge in [-0.3, -0.25) is 19.5 Å². The molecule has 0 spiro atoms. The Morgan fingerprint density at radius 1 is 1.09 bits per heavy atom. The maximum atomic E-state index is 13.5. The molecular formula is C24H25N3O5. The number of benzene rings is 1. The highest BCUT2D eigenvalue weighted by Crippen LogP contribution is 2.38. The first-order valence-electron chi connectivity index (χ1n) is 10.8. The number of nitrogens with zero attached hydrogens (tertiary/aromatic N) is 3. The highest BCUT2D eigenvalue weighted by atomic mass is 16.5. The van der Waals surface area contributed by atoms with Gasteiger partial charge in [0.2, 0.25) is 5.76 Å². The molecule has 5 rings (SSSR count). The molecule has 0 saturated carbocycles. The van der Waals surface area contributed by atoms with Gasteiger partial charge in [0.1, 0.15) is 11.3 Å². The second kappa shape index (κ2) is 8.72. The molecule has 0 N–H and O–H groups in total. The summed E-state index contributed by atoms with van der Waals surface area (Å²) in [5.41, 5.74) is 1.41. The van der Waals surface area contributed by atoms with Gasteiger partial charge >= 0.3 is 0 Å². The lowest BCUT2D eigenvalue weighted by molar-refractivity contribution is 0.0353. The zero-order chi connectivity index (χ0) is 22.1. The third-order valence-electron chi connectivity index (χ3n) is 6.17. The molecule has 3 aromatic rings. The molecule has 4 heterocycles. The van der Waals surface area contributed by atoms with Crippen molar-refractivity contribution in [3.8, 4) is 5.75 Å². The van der Waals surface area contributed by atoms with Crippen LogP contribution in [0.1, 0.15) is 34.1 Å². The largest absolute Gasteiger partial charge is 0.497 e. The predicted octanol–water partition coefficient (Wildman–Crippen LogP) is 2.46. The molecule has 0 bridgehead atoms. The van der Waals surface area contributed by atoms with E-state index in [0.29, 0.717) is 28.8 Å². The maximum absolute atomic E-state index is 13.5. The number of aromatic nitrogens is 1. The number of rotatable bonds is 6. The van der Waals surface area contributed by atoms with E-state index >= 15 is 0 Å². The Kier molecular flexibility index (Phi) is 5.63. The van der Waals surface area contributed by atoms with Crippen molar-refractivity contribution in [3.05, 3.63) is 69.8 Å². The molecule has 8 nitrogen and oxygen atoms in total. The molecule has 1 amide bonds. The zero-order valence-corrected chi connectivity index (χ0v) is 18.0. The van der Waals surface area contributed by atoms with Gasteiger partial charge in [0, 0.05) is 44.6 Å². The lowest BCUT2D eigenvalue weighted by Crippen LogP contribution is -2.38. The van der Waals surface area contributed by atoms with Gasteiger partial charge in [-0.25, -0.2) is 0 Å². The van der Waals surface area contributed by atoms with Crippen molar-refractivity contribution in [3.63, 3.8) is 0 Å². The van der Waals surface area contributed by atoms with E-state index in [0.717, 1.165) is 44.8 Å². The molecule has 8 heteroatoms. The number of pyridine rings is 1. The second-order valence-electron chi connectivity index (χ2n) is 8.03. The van der Waals surface area contributed by atoms with Crippen molar-refractivity contribution in [1.82, 2.24) is 14.8 Å². The van der Waals surface area contributed by atoms with Crippen LogP contribution >= 0.6 is 0 Å². The summed E-state index contributed by atoms with van der Waals surface area (Å²) in [7, 11) is 1.55. The minimum atomic E-state index is -0.493. The van der Waals surface area contributed by atoms with Crippen molar-refractivity contribution in [1.29, 1.82) is 0 Å². The van der Waals surface area contributed by atoms with Crippen LogP contribution in [0.25, 0.3) is 11.0 Å². The topological polar surface area (TPSA) is 85.1 Å². The maximum Gasteiger partial charge on any atom is 0.290 e. The first kappa shape index (κ1) is 20.7. The van der Waals surface area contributed by atoms with Crippen LogP contribution in [0.2, 0.25) is 0 Å². The number of carbonyl (C=O) groups is 1. The number of hydrogen-bond acceptors (Lipinski definition) is 7. The number of morpholine rings is 1. The van der Waals surface area contributed by atoms with E-state index in [-0.39, 0.29) is 17.1 Å². The molecule has 1 unspecified atom stereocenters. The number of amides is 1. The molecule has 166 valence electrons. The van der Waals surface area contributed by atoms with E-state index in [1.54, 1.807) is 42.6 Å². The van der Waals surface area contributed by atoms with Crippen molar-refractivity contribution in [2.24, 2.45) is 0 Å². The van der Waals surface area contributed by atoms with E-state index in [1.165, 1.54) is 0 Å². The van der Waals surface area contributed by atoms with Crippen LogP contribution in [0.3, 0.4) is 0 Å². The summed E-state index contributed by atoms with van der Waals surface area (Å²) in [6.07, 6.45) is 4.15. The highest BCUT2D eigenvalue weighted by Gasteiger charge is 2.42. The van der Waals surface area contributed by atoms with E-state index < -0.39 is 6.04 Å². The Morgan fingerprint density at radius 2 is 1.88 bits per heavy atom. The third-order valence-corrected chi connectivity index (χ3v) is 6.17. The van der Waals surface area contributed by atoms with Crippen LogP contribution in [0.5, 0.6) is 5.75 Å². The molecule has 2 aromatic heterocycles. The van der Waals surface area contributed by atoms with Crippen molar-refractivity contribution in [2.75, 3.05) is 46.5 Å². The molecule has 0 radical (unpaired) electrons. The van der Waals surface area contributed by atoms with Crippen molar-refractivity contribution in [2.45, 2.75) is 12.5 Å². The van der Waals surface area contributed by atoms with Gasteiger partial charge in [0.05, 0.1) is 37.3 Å². The summed E-state index contributed by atoms with van der Waals surface area (Å²) < 4.78 is 16.7. The monoisotopic (exact) mass is 435 g/mol. The quantitative estimate of drug-likeness (QED) is 0.588. The fourth-order valence-corrected chi connectivity index (χ4v) is 4.54. The minimum Gasteiger partial charge on any atom is -0.497 e. The zero-order valence-electron chi connectivity index (χ0n) is 18.0. The number of carbonyl (C=O) groups excluding carboxylic acids is 1. The summed E-state index contributed by atoms with van der Waals surface area (Å²) in [5.74, 6) is 0.425. The van der Waals surface area contributed by atoms with Gasteiger partial charge in [-0.2, -0.15) is 0 Å². The molecular weight excluding hydrogens is 410 g/mol. The molecule has 1 atom stereocenters. The number of ether oxygens (including phenoxy) is 2. The molecule has 32 heavy (non-hydrogen) atoms. The smallest absolute Gasteiger partial charge is 0.290 e. The first-order chi connectivity index (χ1) is 15.7. The van der Waals surface area contributed by atoms with Gasteiger partial charge in [-0.1, -0.05) is 0 Å². The van der Waals surface area contributed by atoms with Crippen LogP contribution < -0.4 is 10.2 Å². The molecule has 1 aromatic carbocycles. The van der Waals surface area contributed by atoms with Crippen LogP contribution in [0, 0.1) is 0 Å². The average Bonchev–Trinajstić information content (AvgIpc) is 3.12. The van der Waals surface area contributed by atoms with Gasteiger partial charge in [0.25, 0.3) is 5.91 Å². The molecule has 0 aliphatic carbocycles. The fraction of sp³-hybridized carbons (Fsp3) is 0.375. The lowest BCUT2D eigenvalue weighted by Gasteiger charge is -2.29. The molecule has 1 saturated heterocycles. The second-order valence-corrected chi connectivity index (χ2v) is 8.03. The Bertz CT molecular complexity index is 1190. The van der Waals surface area contributed by atoms with Crippen LogP contribution in [-0.4, -0.2) is 67.2 Å². The van der Waals surface area contributed by atoms with Gasteiger partial charge in [-0.15, -0.1) is 0 Å². The summed E-state index contributed by atoms with van der Waals surface area (Å²) in [5, 5.41) is 0.437. The number of hydrogen-bond donors (Lipinski definition) is 0. The number of methoxy groups -OCH3 is 1. The van der Waals surface area contributed by atoms with Crippen molar-refractivity contribution >= 4 is 16.9 Å². The summed E-state index contributed by atoms with van der Waals surface area (Å²) in [6, 6.07) is 8.26. The molecule has 2 aliphatic rings. The highest BCUT2D eigenvalue weighted by molar-refractivity contribution is 5.99. The SMILES string of the molecule is COc1ccc2c(=O)c3c(oc2c1)C(=O)N(CCCN1CCOCC1)C3c1ccncc1. The summed E-state index contributed by atoms with van der Waals surface area (Å²) in [6.45, 7) is 4.66. The van der Waals surface area contributed by atoms with E-state index in [9.17, 15) is 9.59 Å². The predicted molar refractivity (Wildman–Crippen MR) is 118 cm³/mol. The summed E-state index contributed by atoms with van der Waals surface area (Å²) in [4.78, 5) is 35.1. The van der Waals surface area contributed by atoms with Gasteiger partial charge < -0.3 is 18.8 Å². The van der Waals surface area contributed by atoms with Gasteiger partial charge in [-0.05, 0) is 36.2 Å². The minimum absolute atomic E-state index is 0.115. The third kappa shape index (κ3) is 3.65. The molecule has 1 fully saturated rings. The Hall–Kier alpha value is -3.23. The van der Waals surface area contributed by atoms with Crippen LogP contribution in [0.15, 0.2) is 51.9 Å². The van der Waals surface area contributed by atoms with E-state index in [2.05, 4.69) is 9.88 Å². The average molecular weight is 435 g/mol.